The SMILES string of the molecule is CCNS(=O)(=O)c1ccccc1NC1CCOC1C. The summed E-state index contributed by atoms with van der Waals surface area (Å²) in [6.45, 7) is 4.84. The van der Waals surface area contributed by atoms with Crippen LogP contribution in [0, 0.1) is 0 Å². The Morgan fingerprint density at radius 2 is 2.11 bits per heavy atom. The summed E-state index contributed by atoms with van der Waals surface area (Å²) in [5, 5.41) is 3.28. The van der Waals surface area contributed by atoms with Crippen molar-refractivity contribution in [2.45, 2.75) is 37.3 Å². The van der Waals surface area contributed by atoms with Gasteiger partial charge in [-0.1, -0.05) is 19.1 Å². The van der Waals surface area contributed by atoms with Crippen LogP contribution in [0.5, 0.6) is 0 Å². The second-order valence-corrected chi connectivity index (χ2v) is 6.35. The molecule has 1 fully saturated rings. The number of anilines is 1. The van der Waals surface area contributed by atoms with Crippen LogP contribution in [-0.2, 0) is 14.8 Å². The normalized spacial score (nSPS) is 23.5. The van der Waals surface area contributed by atoms with Gasteiger partial charge in [0.2, 0.25) is 10.0 Å². The summed E-state index contributed by atoms with van der Waals surface area (Å²) < 4.78 is 32.3. The van der Waals surface area contributed by atoms with E-state index in [9.17, 15) is 8.42 Å². The van der Waals surface area contributed by atoms with Crippen LogP contribution in [-0.4, -0.2) is 33.7 Å². The Hall–Kier alpha value is -1.11. The van der Waals surface area contributed by atoms with Crippen molar-refractivity contribution in [1.82, 2.24) is 4.72 Å². The molecule has 1 saturated heterocycles. The molecule has 2 N–H and O–H groups in total. The third kappa shape index (κ3) is 3.26. The number of hydrogen-bond donors (Lipinski definition) is 2. The predicted molar refractivity (Wildman–Crippen MR) is 74.7 cm³/mol. The van der Waals surface area contributed by atoms with E-state index in [1.54, 1.807) is 25.1 Å². The minimum atomic E-state index is -3.45. The topological polar surface area (TPSA) is 67.4 Å². The highest BCUT2D eigenvalue weighted by molar-refractivity contribution is 7.89. The molecule has 1 aliphatic rings. The monoisotopic (exact) mass is 284 g/mol. The lowest BCUT2D eigenvalue weighted by atomic mass is 10.1. The van der Waals surface area contributed by atoms with E-state index in [0.29, 0.717) is 18.8 Å². The molecular formula is C13H20N2O3S. The van der Waals surface area contributed by atoms with Gasteiger partial charge in [0.1, 0.15) is 4.90 Å². The van der Waals surface area contributed by atoms with Gasteiger partial charge in [-0.25, -0.2) is 13.1 Å². The molecule has 1 aromatic rings. The smallest absolute Gasteiger partial charge is 0.242 e. The lowest BCUT2D eigenvalue weighted by Gasteiger charge is -2.19. The minimum absolute atomic E-state index is 0.0925. The standard InChI is InChI=1S/C13H20N2O3S/c1-3-14-19(16,17)13-7-5-4-6-12(13)15-11-8-9-18-10(11)2/h4-7,10-11,14-15H,3,8-9H2,1-2H3. The van der Waals surface area contributed by atoms with Crippen molar-refractivity contribution in [3.05, 3.63) is 24.3 Å². The van der Waals surface area contributed by atoms with E-state index >= 15 is 0 Å². The first-order valence-electron chi connectivity index (χ1n) is 6.51. The average Bonchev–Trinajstić information content (AvgIpc) is 2.75. The Balaban J connectivity index is 2.26. The summed E-state index contributed by atoms with van der Waals surface area (Å²) in [5.74, 6) is 0. The van der Waals surface area contributed by atoms with E-state index in [1.165, 1.54) is 0 Å². The number of benzene rings is 1. The fraction of sp³-hybridized carbons (Fsp3) is 0.538. The molecule has 2 atom stereocenters. The van der Waals surface area contributed by atoms with Crippen molar-refractivity contribution in [2.24, 2.45) is 0 Å². The molecule has 0 amide bonds. The third-order valence-electron chi connectivity index (χ3n) is 3.23. The Morgan fingerprint density at radius 1 is 1.37 bits per heavy atom. The highest BCUT2D eigenvalue weighted by atomic mass is 32.2. The number of ether oxygens (including phenoxy) is 1. The molecule has 6 heteroatoms. The number of nitrogens with one attached hydrogen (secondary N) is 2. The van der Waals surface area contributed by atoms with Gasteiger partial charge < -0.3 is 10.1 Å². The van der Waals surface area contributed by atoms with Crippen molar-refractivity contribution in [1.29, 1.82) is 0 Å². The summed E-state index contributed by atoms with van der Waals surface area (Å²) in [7, 11) is -3.45. The van der Waals surface area contributed by atoms with E-state index in [2.05, 4.69) is 10.0 Å². The van der Waals surface area contributed by atoms with E-state index in [1.807, 2.05) is 13.0 Å². The molecule has 0 saturated carbocycles. The molecule has 5 nitrogen and oxygen atoms in total. The zero-order valence-corrected chi connectivity index (χ0v) is 12.0. The Kier molecular flexibility index (Phi) is 4.44. The van der Waals surface area contributed by atoms with Gasteiger partial charge in [0.15, 0.2) is 0 Å². The largest absolute Gasteiger partial charge is 0.379 e. The highest BCUT2D eigenvalue weighted by Crippen LogP contribution is 2.25. The molecule has 2 rings (SSSR count). The number of para-hydroxylation sites is 1. The van der Waals surface area contributed by atoms with Crippen LogP contribution in [0.15, 0.2) is 29.2 Å². The first kappa shape index (κ1) is 14.3. The van der Waals surface area contributed by atoms with Gasteiger partial charge in [0.25, 0.3) is 0 Å². The Morgan fingerprint density at radius 3 is 2.74 bits per heavy atom. The van der Waals surface area contributed by atoms with Crippen molar-refractivity contribution < 1.29 is 13.2 Å². The molecule has 0 radical (unpaired) electrons. The van der Waals surface area contributed by atoms with Crippen LogP contribution in [0.4, 0.5) is 5.69 Å². The van der Waals surface area contributed by atoms with Crippen LogP contribution in [0.25, 0.3) is 0 Å². The summed E-state index contributed by atoms with van der Waals surface area (Å²) in [5.41, 5.74) is 0.630. The Labute approximate surface area is 114 Å². The minimum Gasteiger partial charge on any atom is -0.379 e. The summed E-state index contributed by atoms with van der Waals surface area (Å²) in [6.07, 6.45) is 0.978. The lowest BCUT2D eigenvalue weighted by Crippen LogP contribution is -2.29. The van der Waals surface area contributed by atoms with E-state index in [0.717, 1.165) is 6.42 Å². The van der Waals surface area contributed by atoms with Crippen LogP contribution >= 0.6 is 0 Å². The average molecular weight is 284 g/mol. The molecular weight excluding hydrogens is 264 g/mol. The fourth-order valence-corrected chi connectivity index (χ4v) is 3.42. The maximum Gasteiger partial charge on any atom is 0.242 e. The molecule has 1 aliphatic heterocycles. The van der Waals surface area contributed by atoms with Crippen LogP contribution in [0.3, 0.4) is 0 Å². The van der Waals surface area contributed by atoms with Crippen LogP contribution in [0.2, 0.25) is 0 Å². The van der Waals surface area contributed by atoms with Crippen molar-refractivity contribution >= 4 is 15.7 Å². The maximum atomic E-state index is 12.1. The number of sulfonamides is 1. The van der Waals surface area contributed by atoms with Gasteiger partial charge in [-0.15, -0.1) is 0 Å². The van der Waals surface area contributed by atoms with Gasteiger partial charge >= 0.3 is 0 Å². The molecule has 2 unspecified atom stereocenters. The van der Waals surface area contributed by atoms with Gasteiger partial charge in [-0.3, -0.25) is 0 Å². The second-order valence-electron chi connectivity index (χ2n) is 4.61. The van der Waals surface area contributed by atoms with Gasteiger partial charge in [-0.05, 0) is 25.5 Å². The maximum absolute atomic E-state index is 12.1. The predicted octanol–water partition coefficient (Wildman–Crippen LogP) is 1.57. The van der Waals surface area contributed by atoms with Crippen LogP contribution in [0.1, 0.15) is 20.3 Å². The summed E-state index contributed by atoms with van der Waals surface area (Å²) >= 11 is 0. The molecule has 0 aromatic heterocycles. The number of rotatable bonds is 5. The molecule has 1 aromatic carbocycles. The zero-order valence-electron chi connectivity index (χ0n) is 11.2. The molecule has 0 spiro atoms. The lowest BCUT2D eigenvalue weighted by molar-refractivity contribution is 0.121. The van der Waals surface area contributed by atoms with Crippen molar-refractivity contribution in [2.75, 3.05) is 18.5 Å². The first-order valence-corrected chi connectivity index (χ1v) is 7.99. The van der Waals surface area contributed by atoms with Gasteiger partial charge in [0.05, 0.1) is 17.8 Å². The third-order valence-corrected chi connectivity index (χ3v) is 4.83. The Bertz CT molecular complexity index is 530. The van der Waals surface area contributed by atoms with Crippen LogP contribution < -0.4 is 10.0 Å². The van der Waals surface area contributed by atoms with E-state index in [4.69, 9.17) is 4.74 Å². The summed E-state index contributed by atoms with van der Waals surface area (Å²) in [6, 6.07) is 7.10. The molecule has 19 heavy (non-hydrogen) atoms. The molecule has 1 heterocycles. The van der Waals surface area contributed by atoms with Crippen molar-refractivity contribution in [3.63, 3.8) is 0 Å². The quantitative estimate of drug-likeness (QED) is 0.861. The second kappa shape index (κ2) is 5.90. The first-order chi connectivity index (χ1) is 9.04. The van der Waals surface area contributed by atoms with E-state index < -0.39 is 10.0 Å². The zero-order chi connectivity index (χ0) is 13.9. The van der Waals surface area contributed by atoms with E-state index in [-0.39, 0.29) is 17.0 Å². The number of hydrogen-bond acceptors (Lipinski definition) is 4. The highest BCUT2D eigenvalue weighted by Gasteiger charge is 2.26. The summed E-state index contributed by atoms with van der Waals surface area (Å²) in [4.78, 5) is 0.288. The van der Waals surface area contributed by atoms with Gasteiger partial charge in [-0.2, -0.15) is 0 Å². The fourth-order valence-electron chi connectivity index (χ4n) is 2.21. The van der Waals surface area contributed by atoms with Gasteiger partial charge in [0, 0.05) is 13.2 Å². The molecule has 0 bridgehead atoms. The molecule has 106 valence electrons. The molecule has 0 aliphatic carbocycles. The van der Waals surface area contributed by atoms with Crippen molar-refractivity contribution in [3.8, 4) is 0 Å².